The average Bonchev–Trinajstić information content (AvgIpc) is 3.54. The molecule has 2 N–H and O–H groups in total. The Hall–Kier alpha value is -5.72. The number of methoxy groups -OCH3 is 1. The number of hydrogen-bond acceptors (Lipinski definition) is 8. The molecule has 4 atom stereocenters. The van der Waals surface area contributed by atoms with E-state index < -0.39 is 46.5 Å². The zero-order valence-electron chi connectivity index (χ0n) is 28.5. The van der Waals surface area contributed by atoms with Gasteiger partial charge in [0.1, 0.15) is 5.75 Å². The molecule has 12 nitrogen and oxygen atoms in total. The van der Waals surface area contributed by atoms with Crippen molar-refractivity contribution >= 4 is 40.7 Å². The first-order chi connectivity index (χ1) is 25.6. The number of rotatable bonds is 8. The van der Waals surface area contributed by atoms with E-state index >= 15 is 4.79 Å². The molecule has 0 bridgehead atoms. The molecule has 2 fully saturated rings. The largest absolute Gasteiger partial charge is 0.504 e. The highest BCUT2D eigenvalue weighted by Crippen LogP contribution is 2.63. The van der Waals surface area contributed by atoms with Crippen molar-refractivity contribution in [3.05, 3.63) is 145 Å². The molecule has 53 heavy (non-hydrogen) atoms. The number of para-hydroxylation sites is 2. The first-order valence-corrected chi connectivity index (χ1v) is 17.8. The number of nitrogens with one attached hydrogen (secondary N) is 1. The molecule has 0 radical (unpaired) electrons. The van der Waals surface area contributed by atoms with Gasteiger partial charge >= 0.3 is 11.4 Å². The van der Waals surface area contributed by atoms with E-state index in [4.69, 9.17) is 32.7 Å². The number of fused-ring (bicyclic) bond motifs is 4. The summed E-state index contributed by atoms with van der Waals surface area (Å²) in [5.74, 6) is -2.82. The van der Waals surface area contributed by atoms with Gasteiger partial charge in [0.25, 0.3) is 11.8 Å². The fourth-order valence-electron chi connectivity index (χ4n) is 8.29. The molecule has 1 saturated heterocycles. The molecule has 2 amide bonds. The highest BCUT2D eigenvalue weighted by molar-refractivity contribution is 6.36. The molecular weight excluding hydrogens is 721 g/mol. The number of aromatic nitrogens is 3. The number of phenolic OH excluding ortho intramolecular Hbond substituents is 1. The lowest BCUT2D eigenvalue weighted by Crippen LogP contribution is -2.53. The molecule has 270 valence electrons. The summed E-state index contributed by atoms with van der Waals surface area (Å²) in [4.78, 5) is 58.6. The zero-order chi connectivity index (χ0) is 37.2. The van der Waals surface area contributed by atoms with Crippen LogP contribution < -0.4 is 26.3 Å². The summed E-state index contributed by atoms with van der Waals surface area (Å²) in [6.07, 6.45) is 1.79. The van der Waals surface area contributed by atoms with Crippen molar-refractivity contribution in [2.45, 2.75) is 37.3 Å². The number of nitrogens with zero attached hydrogens (tertiary/aromatic N) is 4. The first kappa shape index (κ1) is 34.4. The Bertz CT molecular complexity index is 2440. The number of imide groups is 1. The summed E-state index contributed by atoms with van der Waals surface area (Å²) in [5.41, 5.74) is 2.18. The summed E-state index contributed by atoms with van der Waals surface area (Å²) in [7, 11) is 1.53. The Balaban J connectivity index is 1.40. The molecule has 8 rings (SSSR count). The van der Waals surface area contributed by atoms with Gasteiger partial charge in [0.2, 0.25) is 0 Å². The number of amides is 2. The van der Waals surface area contributed by atoms with Crippen molar-refractivity contribution in [1.82, 2.24) is 18.9 Å². The molecule has 1 aromatic heterocycles. The average molecular weight is 755 g/mol. The second-order valence-corrected chi connectivity index (χ2v) is 13.9. The maximum Gasteiger partial charge on any atom is 0.352 e. The Morgan fingerprint density at radius 3 is 2.38 bits per heavy atom. The number of phenols is 1. The van der Waals surface area contributed by atoms with Crippen LogP contribution in [0.4, 0.5) is 5.69 Å². The Morgan fingerprint density at radius 2 is 1.68 bits per heavy atom. The normalized spacial score (nSPS) is 21.8. The van der Waals surface area contributed by atoms with Crippen LogP contribution in [0.2, 0.25) is 10.0 Å². The van der Waals surface area contributed by atoms with E-state index in [1.165, 1.54) is 22.5 Å². The van der Waals surface area contributed by atoms with E-state index in [0.29, 0.717) is 33.2 Å². The van der Waals surface area contributed by atoms with Crippen molar-refractivity contribution in [3.8, 4) is 22.9 Å². The van der Waals surface area contributed by atoms with Crippen LogP contribution in [0, 0.1) is 5.92 Å². The second-order valence-electron chi connectivity index (χ2n) is 13.0. The van der Waals surface area contributed by atoms with Gasteiger partial charge in [-0.1, -0.05) is 71.7 Å². The van der Waals surface area contributed by atoms with Gasteiger partial charge in [-0.05, 0) is 73.0 Å². The number of benzene rings is 4. The number of carbonyl (C=O) groups is 2. The monoisotopic (exact) mass is 753 g/mol. The van der Waals surface area contributed by atoms with E-state index in [2.05, 4.69) is 5.43 Å². The van der Waals surface area contributed by atoms with Gasteiger partial charge in [-0.2, -0.15) is 5.01 Å². The topological polar surface area (TPSA) is 137 Å². The van der Waals surface area contributed by atoms with E-state index in [-0.39, 0.29) is 41.8 Å². The van der Waals surface area contributed by atoms with Crippen molar-refractivity contribution in [2.75, 3.05) is 19.1 Å². The number of hydrazine groups is 1. The van der Waals surface area contributed by atoms with Gasteiger partial charge in [-0.3, -0.25) is 15.0 Å². The van der Waals surface area contributed by atoms with Crippen LogP contribution in [-0.4, -0.2) is 49.6 Å². The van der Waals surface area contributed by atoms with Crippen molar-refractivity contribution in [3.63, 3.8) is 0 Å². The standard InChI is InChI=1S/C39H33Cl2N5O7/c1-3-53-32-11-7-10-27(34(32)47)33-26-18-19-43-37(50)44(24-8-5-4-6-9-24)38(51)46(43)31(26)21-28-35(48)45(42-30-17-14-23(40)20-29(30)41)36(49)39(28,33)22-12-15-25(52-2)16-13-22/h4-18,20,28,31,33,42,47H,3,19,21H2,1-2H3. The number of halogens is 2. The number of anilines is 1. The fourth-order valence-corrected chi connectivity index (χ4v) is 8.74. The molecule has 4 aromatic carbocycles. The zero-order valence-corrected chi connectivity index (χ0v) is 30.0. The smallest absolute Gasteiger partial charge is 0.352 e. The number of allylic oxidation sites excluding steroid dienone is 2. The molecule has 2 aliphatic heterocycles. The quantitative estimate of drug-likeness (QED) is 0.149. The number of carbonyl (C=O) groups excluding carboxylic acids is 2. The van der Waals surface area contributed by atoms with Gasteiger partial charge in [-0.15, -0.1) is 0 Å². The minimum atomic E-state index is -1.67. The molecule has 3 heterocycles. The Kier molecular flexibility index (Phi) is 8.46. The SMILES string of the molecule is CCOc1cccc(C2C3=CCn4c(=O)n(-c5ccccc5)c(=O)n4C3CC3C(=O)N(Nc4ccc(Cl)cc4Cl)C(=O)C32c2ccc(OC)cc2)c1O. The number of aromatic hydroxyl groups is 1. The predicted octanol–water partition coefficient (Wildman–Crippen LogP) is 5.84. The summed E-state index contributed by atoms with van der Waals surface area (Å²) in [6, 6.07) is 24.3. The van der Waals surface area contributed by atoms with E-state index in [0.717, 1.165) is 9.58 Å². The Labute approximate surface area is 312 Å². The fraction of sp³-hybridized carbons (Fsp3) is 0.231. The van der Waals surface area contributed by atoms with Gasteiger partial charge in [-0.25, -0.2) is 23.5 Å². The third-order valence-corrected chi connectivity index (χ3v) is 11.0. The van der Waals surface area contributed by atoms with Crippen LogP contribution in [-0.2, 0) is 21.5 Å². The van der Waals surface area contributed by atoms with E-state index in [1.807, 2.05) is 6.08 Å². The van der Waals surface area contributed by atoms with Crippen LogP contribution in [0.1, 0.15) is 36.4 Å². The van der Waals surface area contributed by atoms with Gasteiger partial charge < -0.3 is 14.6 Å². The van der Waals surface area contributed by atoms with Crippen molar-refractivity contribution in [1.29, 1.82) is 0 Å². The van der Waals surface area contributed by atoms with Gasteiger partial charge in [0, 0.05) is 16.5 Å². The first-order valence-electron chi connectivity index (χ1n) is 17.0. The third kappa shape index (κ3) is 5.11. The minimum Gasteiger partial charge on any atom is -0.504 e. The molecule has 0 spiro atoms. The highest BCUT2D eigenvalue weighted by Gasteiger charge is 2.69. The molecule has 3 aliphatic rings. The van der Waals surface area contributed by atoms with Crippen LogP contribution in [0.3, 0.4) is 0 Å². The molecule has 5 aromatic rings. The van der Waals surface area contributed by atoms with E-state index in [9.17, 15) is 19.5 Å². The summed E-state index contributed by atoms with van der Waals surface area (Å²) in [6.45, 7) is 2.04. The van der Waals surface area contributed by atoms with Gasteiger partial charge in [0.15, 0.2) is 11.5 Å². The minimum absolute atomic E-state index is 0.00397. The molecule has 1 saturated carbocycles. The lowest BCUT2D eigenvalue weighted by molar-refractivity contribution is -0.138. The van der Waals surface area contributed by atoms with Crippen LogP contribution in [0.5, 0.6) is 17.2 Å². The Morgan fingerprint density at radius 1 is 0.925 bits per heavy atom. The maximum atomic E-state index is 15.4. The lowest BCUT2D eigenvalue weighted by Gasteiger charge is -2.49. The van der Waals surface area contributed by atoms with Crippen LogP contribution >= 0.6 is 23.2 Å². The summed E-state index contributed by atoms with van der Waals surface area (Å²) in [5, 5.41) is 13.4. The number of ether oxygens (including phenoxy) is 2. The third-order valence-electron chi connectivity index (χ3n) is 10.5. The second kappa shape index (κ2) is 13.0. The number of hydrogen-bond donors (Lipinski definition) is 2. The predicted molar refractivity (Wildman–Crippen MR) is 198 cm³/mol. The van der Waals surface area contributed by atoms with E-state index in [1.54, 1.807) is 91.9 Å². The highest BCUT2D eigenvalue weighted by atomic mass is 35.5. The van der Waals surface area contributed by atoms with Crippen molar-refractivity contribution < 1.29 is 24.2 Å². The van der Waals surface area contributed by atoms with Gasteiger partial charge in [0.05, 0.1) is 54.0 Å². The summed E-state index contributed by atoms with van der Waals surface area (Å²) < 4.78 is 15.1. The maximum absolute atomic E-state index is 15.4. The van der Waals surface area contributed by atoms with Crippen molar-refractivity contribution in [2.24, 2.45) is 5.92 Å². The summed E-state index contributed by atoms with van der Waals surface area (Å²) >= 11 is 12.7. The molecule has 4 unspecified atom stereocenters. The van der Waals surface area contributed by atoms with Crippen LogP contribution in [0.25, 0.3) is 5.69 Å². The molecule has 1 aliphatic carbocycles. The lowest BCUT2D eigenvalue weighted by atomic mass is 9.53. The molecular formula is C39H33Cl2N5O7. The molecule has 14 heteroatoms. The van der Waals surface area contributed by atoms with Crippen LogP contribution in [0.15, 0.2) is 112 Å².